The summed E-state index contributed by atoms with van der Waals surface area (Å²) >= 11 is 1.41. The number of carbonyl (C=O) groups is 1. The van der Waals surface area contributed by atoms with Crippen LogP contribution in [0.25, 0.3) is 11.3 Å². The minimum Gasteiger partial charge on any atom is -0.483 e. The molecule has 1 aromatic heterocycles. The minimum atomic E-state index is -0.213. The predicted molar refractivity (Wildman–Crippen MR) is 112 cm³/mol. The first-order valence-electron chi connectivity index (χ1n) is 8.98. The summed E-state index contributed by atoms with van der Waals surface area (Å²) in [5, 5.41) is 5.35. The van der Waals surface area contributed by atoms with E-state index in [1.54, 1.807) is 0 Å². The van der Waals surface area contributed by atoms with E-state index in [9.17, 15) is 4.79 Å². The maximum absolute atomic E-state index is 12.2. The molecule has 27 heavy (non-hydrogen) atoms. The number of benzene rings is 2. The number of para-hydroxylation sites is 1. The van der Waals surface area contributed by atoms with Crippen LogP contribution in [0.5, 0.6) is 5.75 Å². The number of nitrogens with zero attached hydrogens (tertiary/aromatic N) is 1. The molecule has 0 spiro atoms. The van der Waals surface area contributed by atoms with Crippen LogP contribution >= 0.6 is 11.3 Å². The molecule has 0 atom stereocenters. The SMILES string of the molecule is Cc1ccc(-c2csc(NC(=O)COc3ccccc3C(C)C)n2)cc1C. The summed E-state index contributed by atoms with van der Waals surface area (Å²) in [6, 6.07) is 14.1. The molecule has 0 fully saturated rings. The van der Waals surface area contributed by atoms with Crippen molar-refractivity contribution in [3.63, 3.8) is 0 Å². The number of nitrogens with one attached hydrogen (secondary N) is 1. The Balaban J connectivity index is 1.62. The lowest BCUT2D eigenvalue weighted by Crippen LogP contribution is -2.20. The van der Waals surface area contributed by atoms with E-state index in [0.717, 1.165) is 22.6 Å². The van der Waals surface area contributed by atoms with E-state index in [1.807, 2.05) is 29.6 Å². The van der Waals surface area contributed by atoms with Crippen LogP contribution in [0.1, 0.15) is 36.5 Å². The number of rotatable bonds is 6. The van der Waals surface area contributed by atoms with Gasteiger partial charge in [0.15, 0.2) is 11.7 Å². The van der Waals surface area contributed by atoms with Crippen LogP contribution in [0.4, 0.5) is 5.13 Å². The zero-order valence-corrected chi connectivity index (χ0v) is 16.9. The molecule has 1 heterocycles. The van der Waals surface area contributed by atoms with Crippen molar-refractivity contribution in [2.24, 2.45) is 0 Å². The van der Waals surface area contributed by atoms with Crippen molar-refractivity contribution in [3.8, 4) is 17.0 Å². The molecule has 3 aromatic rings. The van der Waals surface area contributed by atoms with Crippen molar-refractivity contribution in [2.45, 2.75) is 33.6 Å². The monoisotopic (exact) mass is 380 g/mol. The van der Waals surface area contributed by atoms with Gasteiger partial charge < -0.3 is 4.74 Å². The Bertz CT molecular complexity index is 947. The van der Waals surface area contributed by atoms with Gasteiger partial charge in [-0.25, -0.2) is 4.98 Å². The number of hydrogen-bond acceptors (Lipinski definition) is 4. The summed E-state index contributed by atoms with van der Waals surface area (Å²) < 4.78 is 5.72. The van der Waals surface area contributed by atoms with Gasteiger partial charge in [-0.2, -0.15) is 0 Å². The lowest BCUT2D eigenvalue weighted by Gasteiger charge is -2.13. The standard InChI is InChI=1S/C22H24N2O2S/c1-14(2)18-7-5-6-8-20(18)26-12-21(25)24-22-23-19(13-27-22)17-10-9-15(3)16(4)11-17/h5-11,13-14H,12H2,1-4H3,(H,23,24,25). The van der Waals surface area contributed by atoms with Gasteiger partial charge in [-0.1, -0.05) is 44.2 Å². The van der Waals surface area contributed by atoms with Crippen molar-refractivity contribution in [3.05, 3.63) is 64.5 Å². The molecule has 1 amide bonds. The molecule has 4 nitrogen and oxygen atoms in total. The number of thiazole rings is 1. The number of aromatic nitrogens is 1. The summed E-state index contributed by atoms with van der Waals surface area (Å²) in [6.45, 7) is 8.34. The number of aryl methyl sites for hydroxylation is 2. The van der Waals surface area contributed by atoms with Gasteiger partial charge in [-0.15, -0.1) is 11.3 Å². The van der Waals surface area contributed by atoms with E-state index in [2.05, 4.69) is 56.2 Å². The zero-order chi connectivity index (χ0) is 19.4. The Kier molecular flexibility index (Phi) is 5.91. The highest BCUT2D eigenvalue weighted by molar-refractivity contribution is 7.14. The van der Waals surface area contributed by atoms with Crippen LogP contribution in [0.3, 0.4) is 0 Å². The van der Waals surface area contributed by atoms with Crippen molar-refractivity contribution < 1.29 is 9.53 Å². The lowest BCUT2D eigenvalue weighted by atomic mass is 10.0. The first kappa shape index (κ1) is 19.1. The topological polar surface area (TPSA) is 51.2 Å². The molecule has 0 radical (unpaired) electrons. The Hall–Kier alpha value is -2.66. The van der Waals surface area contributed by atoms with Crippen LogP contribution in [-0.2, 0) is 4.79 Å². The van der Waals surface area contributed by atoms with Gasteiger partial charge in [0.25, 0.3) is 5.91 Å². The second kappa shape index (κ2) is 8.35. The average molecular weight is 381 g/mol. The number of hydrogen-bond donors (Lipinski definition) is 1. The fourth-order valence-electron chi connectivity index (χ4n) is 2.75. The van der Waals surface area contributed by atoms with Crippen LogP contribution in [0.2, 0.25) is 0 Å². The summed E-state index contributed by atoms with van der Waals surface area (Å²) in [5.74, 6) is 0.871. The van der Waals surface area contributed by atoms with Crippen molar-refractivity contribution in [1.29, 1.82) is 0 Å². The molecule has 3 rings (SSSR count). The molecule has 0 saturated heterocycles. The van der Waals surface area contributed by atoms with Crippen molar-refractivity contribution in [1.82, 2.24) is 4.98 Å². The summed E-state index contributed by atoms with van der Waals surface area (Å²) in [7, 11) is 0. The highest BCUT2D eigenvalue weighted by atomic mass is 32.1. The molecule has 140 valence electrons. The molecule has 1 N–H and O–H groups in total. The number of amides is 1. The van der Waals surface area contributed by atoms with Crippen molar-refractivity contribution in [2.75, 3.05) is 11.9 Å². The average Bonchev–Trinajstić information content (AvgIpc) is 3.11. The predicted octanol–water partition coefficient (Wildman–Crippen LogP) is 5.57. The Morgan fingerprint density at radius 2 is 1.93 bits per heavy atom. The maximum Gasteiger partial charge on any atom is 0.264 e. The molecular weight excluding hydrogens is 356 g/mol. The molecule has 0 aliphatic rings. The first-order valence-corrected chi connectivity index (χ1v) is 9.86. The van der Waals surface area contributed by atoms with Gasteiger partial charge >= 0.3 is 0 Å². The molecule has 0 saturated carbocycles. The van der Waals surface area contributed by atoms with E-state index in [1.165, 1.54) is 22.5 Å². The molecule has 5 heteroatoms. The van der Waals surface area contributed by atoms with Crippen LogP contribution in [0.15, 0.2) is 47.8 Å². The lowest BCUT2D eigenvalue weighted by molar-refractivity contribution is -0.118. The molecule has 0 aliphatic heterocycles. The highest BCUT2D eigenvalue weighted by Gasteiger charge is 2.11. The Morgan fingerprint density at radius 3 is 2.67 bits per heavy atom. The fraction of sp³-hybridized carbons (Fsp3) is 0.273. The van der Waals surface area contributed by atoms with Gasteiger partial charge in [0, 0.05) is 10.9 Å². The quantitative estimate of drug-likeness (QED) is 0.608. The van der Waals surface area contributed by atoms with Gasteiger partial charge in [0.2, 0.25) is 0 Å². The van der Waals surface area contributed by atoms with E-state index >= 15 is 0 Å². The molecule has 2 aromatic carbocycles. The Morgan fingerprint density at radius 1 is 1.15 bits per heavy atom. The molecule has 0 unspecified atom stereocenters. The summed E-state index contributed by atoms with van der Waals surface area (Å²) in [6.07, 6.45) is 0. The van der Waals surface area contributed by atoms with Gasteiger partial charge in [-0.05, 0) is 48.6 Å². The maximum atomic E-state index is 12.2. The van der Waals surface area contributed by atoms with Crippen LogP contribution in [-0.4, -0.2) is 17.5 Å². The first-order chi connectivity index (χ1) is 12.9. The third-order valence-corrected chi connectivity index (χ3v) is 5.21. The smallest absolute Gasteiger partial charge is 0.264 e. The highest BCUT2D eigenvalue weighted by Crippen LogP contribution is 2.27. The zero-order valence-electron chi connectivity index (χ0n) is 16.1. The normalized spacial score (nSPS) is 10.9. The third kappa shape index (κ3) is 4.74. The number of carbonyl (C=O) groups excluding carboxylic acids is 1. The molecule has 0 aliphatic carbocycles. The van der Waals surface area contributed by atoms with E-state index in [4.69, 9.17) is 4.74 Å². The molecule has 0 bridgehead atoms. The second-order valence-electron chi connectivity index (χ2n) is 6.87. The second-order valence-corrected chi connectivity index (χ2v) is 7.72. The third-order valence-electron chi connectivity index (χ3n) is 4.45. The van der Waals surface area contributed by atoms with Gasteiger partial charge in [0.1, 0.15) is 5.75 Å². The van der Waals surface area contributed by atoms with E-state index in [0.29, 0.717) is 11.0 Å². The number of anilines is 1. The minimum absolute atomic E-state index is 0.0394. The van der Waals surface area contributed by atoms with E-state index < -0.39 is 0 Å². The summed E-state index contributed by atoms with van der Waals surface area (Å²) in [5.41, 5.74) is 5.49. The fourth-order valence-corrected chi connectivity index (χ4v) is 3.49. The molecular formula is C22H24N2O2S. The summed E-state index contributed by atoms with van der Waals surface area (Å²) in [4.78, 5) is 16.8. The van der Waals surface area contributed by atoms with Gasteiger partial charge in [-0.3, -0.25) is 10.1 Å². The van der Waals surface area contributed by atoms with E-state index in [-0.39, 0.29) is 12.5 Å². The van der Waals surface area contributed by atoms with Gasteiger partial charge in [0.05, 0.1) is 5.69 Å². The number of ether oxygens (including phenoxy) is 1. The van der Waals surface area contributed by atoms with Crippen LogP contribution in [0, 0.1) is 13.8 Å². The van der Waals surface area contributed by atoms with Crippen molar-refractivity contribution >= 4 is 22.4 Å². The largest absolute Gasteiger partial charge is 0.483 e. The van der Waals surface area contributed by atoms with Crippen LogP contribution < -0.4 is 10.1 Å². The Labute approximate surface area is 164 Å².